The summed E-state index contributed by atoms with van der Waals surface area (Å²) < 4.78 is 28.9. The molecule has 7 heteroatoms. The maximum Gasteiger partial charge on any atom is 0.313 e. The second-order valence-electron chi connectivity index (χ2n) is 9.57. The number of halogens is 2. The highest BCUT2D eigenvalue weighted by Crippen LogP contribution is 2.34. The fourth-order valence-corrected chi connectivity index (χ4v) is 6.27. The van der Waals surface area contributed by atoms with Crippen molar-refractivity contribution < 1.29 is 18.7 Å². The maximum absolute atomic E-state index is 13.4. The van der Waals surface area contributed by atoms with E-state index in [0.29, 0.717) is 13.1 Å². The number of aryl methyl sites for hydroxylation is 3. The summed E-state index contributed by atoms with van der Waals surface area (Å²) in [6.07, 6.45) is -2.50. The lowest BCUT2D eigenvalue weighted by atomic mass is 10.0. The van der Waals surface area contributed by atoms with Gasteiger partial charge in [-0.05, 0) is 84.3 Å². The molecule has 0 aliphatic rings. The molecule has 0 aliphatic carbocycles. The summed E-state index contributed by atoms with van der Waals surface area (Å²) in [7, 11) is 0. The van der Waals surface area contributed by atoms with Gasteiger partial charge in [-0.15, -0.1) is 11.8 Å². The number of alkyl halides is 2. The zero-order valence-electron chi connectivity index (χ0n) is 22.2. The number of rotatable bonds is 11. The summed E-state index contributed by atoms with van der Waals surface area (Å²) in [4.78, 5) is 13.0. The van der Waals surface area contributed by atoms with Crippen molar-refractivity contribution in [2.24, 2.45) is 0 Å². The molecule has 4 aromatic carbocycles. The zero-order valence-corrected chi connectivity index (χ0v) is 23.8. The average molecular weight is 564 g/mol. The summed E-state index contributed by atoms with van der Waals surface area (Å²) in [5, 5.41) is 8.97. The van der Waals surface area contributed by atoms with E-state index in [0.717, 1.165) is 27.1 Å². The van der Waals surface area contributed by atoms with Crippen LogP contribution in [-0.4, -0.2) is 21.1 Å². The molecule has 0 radical (unpaired) electrons. The van der Waals surface area contributed by atoms with Gasteiger partial charge in [-0.3, -0.25) is 4.79 Å². The van der Waals surface area contributed by atoms with E-state index in [1.54, 1.807) is 24.1 Å². The first-order chi connectivity index (χ1) is 18.7. The van der Waals surface area contributed by atoms with Crippen molar-refractivity contribution in [3.63, 3.8) is 0 Å². The first kappa shape index (κ1) is 28.9. The van der Waals surface area contributed by atoms with Gasteiger partial charge in [0, 0.05) is 28.4 Å². The molecule has 0 unspecified atom stereocenters. The average Bonchev–Trinajstić information content (AvgIpc) is 2.90. The molecular weight excluding hydrogens is 532 g/mol. The predicted octanol–water partition coefficient (Wildman–Crippen LogP) is 9.10. The summed E-state index contributed by atoms with van der Waals surface area (Å²) in [6.45, 7) is 7.45. The molecular formula is C32H31F2NO2S2. The van der Waals surface area contributed by atoms with Crippen molar-refractivity contribution in [3.8, 4) is 11.1 Å². The van der Waals surface area contributed by atoms with Gasteiger partial charge in [-0.2, -0.15) is 0 Å². The van der Waals surface area contributed by atoms with E-state index in [-0.39, 0.29) is 11.3 Å². The Hall–Kier alpha value is -3.13. The molecule has 0 atom stereocenters. The zero-order chi connectivity index (χ0) is 27.9. The Bertz CT molecular complexity index is 1420. The second-order valence-corrected chi connectivity index (χ2v) is 11.7. The van der Waals surface area contributed by atoms with Crippen LogP contribution < -0.4 is 0 Å². The lowest BCUT2D eigenvalue weighted by molar-refractivity contribution is -0.133. The van der Waals surface area contributed by atoms with Crippen LogP contribution in [0.25, 0.3) is 11.1 Å². The van der Waals surface area contributed by atoms with Gasteiger partial charge >= 0.3 is 5.97 Å². The summed E-state index contributed by atoms with van der Waals surface area (Å²) in [5.74, 6) is -0.815. The predicted molar refractivity (Wildman–Crippen MR) is 157 cm³/mol. The Kier molecular flexibility index (Phi) is 9.83. The monoisotopic (exact) mass is 563 g/mol. The molecule has 0 saturated carbocycles. The largest absolute Gasteiger partial charge is 0.481 e. The minimum atomic E-state index is -2.50. The smallest absolute Gasteiger partial charge is 0.313 e. The molecule has 3 nitrogen and oxygen atoms in total. The molecule has 0 saturated heterocycles. The first-order valence-corrected chi connectivity index (χ1v) is 14.4. The van der Waals surface area contributed by atoms with Gasteiger partial charge in [0.2, 0.25) is 0 Å². The molecule has 0 heterocycles. The van der Waals surface area contributed by atoms with E-state index in [2.05, 4.69) is 61.5 Å². The number of carboxylic acids is 1. The van der Waals surface area contributed by atoms with E-state index in [9.17, 15) is 13.6 Å². The molecule has 0 bridgehead atoms. The lowest BCUT2D eigenvalue weighted by Gasteiger charge is -2.24. The molecule has 202 valence electrons. The highest BCUT2D eigenvalue weighted by atomic mass is 32.2. The second kappa shape index (κ2) is 13.3. The minimum absolute atomic E-state index is 0.0239. The van der Waals surface area contributed by atoms with Crippen LogP contribution in [-0.2, 0) is 17.9 Å². The van der Waals surface area contributed by atoms with Crippen LogP contribution in [0.4, 0.5) is 8.78 Å². The van der Waals surface area contributed by atoms with Crippen LogP contribution in [0.15, 0.2) is 94.7 Å². The van der Waals surface area contributed by atoms with Gasteiger partial charge in [-0.1, -0.05) is 72.3 Å². The summed E-state index contributed by atoms with van der Waals surface area (Å²) >= 11 is 2.96. The van der Waals surface area contributed by atoms with Gasteiger partial charge in [0.1, 0.15) is 0 Å². The Morgan fingerprint density at radius 1 is 0.821 bits per heavy atom. The normalized spacial score (nSPS) is 11.4. The van der Waals surface area contributed by atoms with Crippen molar-refractivity contribution in [3.05, 3.63) is 118 Å². The van der Waals surface area contributed by atoms with Crippen molar-refractivity contribution in [2.75, 3.05) is 5.75 Å². The molecule has 4 aromatic rings. The van der Waals surface area contributed by atoms with Gasteiger partial charge in [0.15, 0.2) is 0 Å². The first-order valence-electron chi connectivity index (χ1n) is 12.6. The van der Waals surface area contributed by atoms with Gasteiger partial charge in [-0.25, -0.2) is 13.1 Å². The Balaban J connectivity index is 1.57. The number of nitrogens with zero attached hydrogens (tertiary/aromatic N) is 1. The van der Waals surface area contributed by atoms with E-state index in [1.165, 1.54) is 39.4 Å². The lowest BCUT2D eigenvalue weighted by Crippen LogP contribution is -2.16. The third kappa shape index (κ3) is 8.18. The molecule has 4 rings (SSSR count). The number of hydrogen-bond acceptors (Lipinski definition) is 4. The van der Waals surface area contributed by atoms with E-state index >= 15 is 0 Å². The molecule has 0 amide bonds. The van der Waals surface area contributed by atoms with E-state index < -0.39 is 12.4 Å². The topological polar surface area (TPSA) is 40.5 Å². The molecule has 39 heavy (non-hydrogen) atoms. The van der Waals surface area contributed by atoms with Crippen molar-refractivity contribution in [2.45, 2.75) is 50.1 Å². The van der Waals surface area contributed by atoms with Crippen LogP contribution in [0.1, 0.15) is 39.8 Å². The number of carboxylic acid groups (broad SMARTS) is 1. The van der Waals surface area contributed by atoms with Crippen LogP contribution in [0.3, 0.4) is 0 Å². The molecule has 0 spiro atoms. The fraction of sp³-hybridized carbons (Fsp3) is 0.219. The van der Waals surface area contributed by atoms with Crippen molar-refractivity contribution in [1.82, 2.24) is 4.31 Å². The van der Waals surface area contributed by atoms with Crippen LogP contribution in [0.2, 0.25) is 0 Å². The van der Waals surface area contributed by atoms with Crippen molar-refractivity contribution in [1.29, 1.82) is 0 Å². The third-order valence-corrected chi connectivity index (χ3v) is 8.55. The molecule has 0 fully saturated rings. The third-order valence-electron chi connectivity index (χ3n) is 6.23. The molecule has 0 aromatic heterocycles. The van der Waals surface area contributed by atoms with Gasteiger partial charge < -0.3 is 5.11 Å². The molecule has 0 aliphatic heterocycles. The van der Waals surface area contributed by atoms with E-state index in [4.69, 9.17) is 5.11 Å². The standard InChI is InChI=1S/C32H31F2NO2S2/c1-21-14-22(2)31(23(3)15-21)39-35(19-25-6-4-8-28(16-25)32(33)34)18-24-10-12-26(13-11-24)27-7-5-9-29(17-27)38-20-30(36)37/h4-17,32H,18-20H2,1-3H3,(H,36,37). The summed E-state index contributed by atoms with van der Waals surface area (Å²) in [5.41, 5.74) is 7.66. The number of hydrogen-bond donors (Lipinski definition) is 1. The van der Waals surface area contributed by atoms with Crippen molar-refractivity contribution >= 4 is 29.7 Å². The van der Waals surface area contributed by atoms with Gasteiger partial charge in [0.05, 0.1) is 5.75 Å². The highest BCUT2D eigenvalue weighted by molar-refractivity contribution is 8.00. The highest BCUT2D eigenvalue weighted by Gasteiger charge is 2.15. The maximum atomic E-state index is 13.4. The Morgan fingerprint density at radius 2 is 1.49 bits per heavy atom. The summed E-state index contributed by atoms with van der Waals surface area (Å²) in [6, 6.07) is 27.2. The van der Waals surface area contributed by atoms with Crippen LogP contribution >= 0.6 is 23.7 Å². The van der Waals surface area contributed by atoms with E-state index in [1.807, 2.05) is 30.3 Å². The quantitative estimate of drug-likeness (QED) is 0.146. The van der Waals surface area contributed by atoms with Crippen LogP contribution in [0.5, 0.6) is 0 Å². The number of carbonyl (C=O) groups is 1. The fourth-order valence-electron chi connectivity index (χ4n) is 4.51. The SMILES string of the molecule is Cc1cc(C)c(SN(Cc2ccc(-c3cccc(SCC(=O)O)c3)cc2)Cc2cccc(C(F)F)c2)c(C)c1. The van der Waals surface area contributed by atoms with Gasteiger partial charge in [0.25, 0.3) is 6.43 Å². The Morgan fingerprint density at radius 3 is 2.15 bits per heavy atom. The van der Waals surface area contributed by atoms with Crippen LogP contribution in [0, 0.1) is 20.8 Å². The number of benzene rings is 4. The minimum Gasteiger partial charge on any atom is -0.481 e. The number of aliphatic carboxylic acids is 1. The number of thioether (sulfide) groups is 1. The Labute approximate surface area is 237 Å². The molecule has 1 N–H and O–H groups in total.